The van der Waals surface area contributed by atoms with Crippen molar-refractivity contribution in [2.75, 3.05) is 25.0 Å². The highest BCUT2D eigenvalue weighted by Crippen LogP contribution is 2.42. The summed E-state index contributed by atoms with van der Waals surface area (Å²) in [6, 6.07) is 0. The van der Waals surface area contributed by atoms with Crippen molar-refractivity contribution in [1.29, 1.82) is 0 Å². The minimum Gasteiger partial charge on any atom is -0.280 e. The molecule has 0 amide bonds. The maximum atomic E-state index is 3.81. The van der Waals surface area contributed by atoms with Crippen molar-refractivity contribution in [1.82, 2.24) is 10.2 Å². The molecule has 2 aliphatic rings. The average Bonchev–Trinajstić information content (AvgIpc) is 2.72. The molecular weight excluding hydrogens is 316 g/mol. The molecule has 0 unspecified atom stereocenters. The number of nitrogens with zero attached hydrogens (tertiary/aromatic N) is 1. The first-order valence-electron chi connectivity index (χ1n) is 4.67. The Balaban J connectivity index is 1.96. The average molecular weight is 330 g/mol. The van der Waals surface area contributed by atoms with E-state index in [1.165, 1.54) is 25.9 Å². The second-order valence-corrected chi connectivity index (χ2v) is 7.34. The maximum absolute atomic E-state index is 3.81. The van der Waals surface area contributed by atoms with Crippen LogP contribution >= 0.6 is 43.6 Å². The van der Waals surface area contributed by atoms with Gasteiger partial charge < -0.3 is 0 Å². The third-order valence-corrected chi connectivity index (χ3v) is 6.49. The van der Waals surface area contributed by atoms with Crippen molar-refractivity contribution >= 4 is 43.6 Å². The monoisotopic (exact) mass is 328 g/mol. The van der Waals surface area contributed by atoms with E-state index in [9.17, 15) is 0 Å². The van der Waals surface area contributed by atoms with E-state index in [-0.39, 0.29) is 3.90 Å². The summed E-state index contributed by atoms with van der Waals surface area (Å²) in [7, 11) is 0. The molecule has 0 bridgehead atoms. The van der Waals surface area contributed by atoms with Gasteiger partial charge in [-0.1, -0.05) is 15.9 Å². The third-order valence-electron chi connectivity index (χ3n) is 2.56. The SMILES string of the molecule is BrC[C@@H]1CN[C@](Br)(N2CCCC2)S1. The minimum absolute atomic E-state index is 0.0297. The van der Waals surface area contributed by atoms with E-state index in [1.54, 1.807) is 0 Å². The lowest BCUT2D eigenvalue weighted by molar-refractivity contribution is 0.269. The molecular formula is C8H14Br2N2S. The van der Waals surface area contributed by atoms with Crippen molar-refractivity contribution in [2.45, 2.75) is 22.0 Å². The fourth-order valence-electron chi connectivity index (χ4n) is 1.82. The molecule has 0 aliphatic carbocycles. The Morgan fingerprint density at radius 1 is 1.46 bits per heavy atom. The molecule has 0 aromatic carbocycles. The first kappa shape index (κ1) is 10.7. The summed E-state index contributed by atoms with van der Waals surface area (Å²) in [4.78, 5) is 2.50. The normalized spacial score (nSPS) is 41.5. The highest BCUT2D eigenvalue weighted by atomic mass is 79.9. The molecule has 0 radical (unpaired) electrons. The standard InChI is InChI=1S/C8H14Br2N2S/c9-5-7-6-11-8(10,13-7)12-3-1-2-4-12/h7,11H,1-6H2/t7-,8-/m1/s1. The van der Waals surface area contributed by atoms with Crippen molar-refractivity contribution in [2.24, 2.45) is 0 Å². The fraction of sp³-hybridized carbons (Fsp3) is 1.00. The van der Waals surface area contributed by atoms with Crippen LogP contribution in [0.2, 0.25) is 0 Å². The van der Waals surface area contributed by atoms with Gasteiger partial charge in [0.1, 0.15) is 0 Å². The molecule has 2 aliphatic heterocycles. The van der Waals surface area contributed by atoms with Crippen LogP contribution in [0.25, 0.3) is 0 Å². The van der Waals surface area contributed by atoms with Crippen LogP contribution < -0.4 is 5.32 Å². The van der Waals surface area contributed by atoms with Gasteiger partial charge in [-0.25, -0.2) is 0 Å². The van der Waals surface area contributed by atoms with Gasteiger partial charge in [0.25, 0.3) is 0 Å². The van der Waals surface area contributed by atoms with E-state index < -0.39 is 0 Å². The van der Waals surface area contributed by atoms with Crippen LogP contribution in [0.15, 0.2) is 0 Å². The van der Waals surface area contributed by atoms with E-state index in [0.29, 0.717) is 5.25 Å². The van der Waals surface area contributed by atoms with Gasteiger partial charge in [0.2, 0.25) is 0 Å². The third kappa shape index (κ3) is 2.25. The lowest BCUT2D eigenvalue weighted by atomic mass is 10.4. The van der Waals surface area contributed by atoms with E-state index in [2.05, 4.69) is 42.1 Å². The quantitative estimate of drug-likeness (QED) is 0.617. The Kier molecular flexibility index (Phi) is 3.63. The lowest BCUT2D eigenvalue weighted by Crippen LogP contribution is -2.46. The number of hydrogen-bond donors (Lipinski definition) is 1. The van der Waals surface area contributed by atoms with E-state index in [0.717, 1.165) is 11.9 Å². The smallest absolute Gasteiger partial charge is 0.177 e. The second-order valence-electron chi connectivity index (χ2n) is 3.53. The summed E-state index contributed by atoms with van der Waals surface area (Å²) >= 11 is 9.34. The van der Waals surface area contributed by atoms with Crippen LogP contribution in [0, 0.1) is 0 Å². The van der Waals surface area contributed by atoms with Gasteiger partial charge in [-0.3, -0.25) is 10.2 Å². The van der Waals surface area contributed by atoms with Gasteiger partial charge in [0.15, 0.2) is 3.90 Å². The van der Waals surface area contributed by atoms with Gasteiger partial charge in [0.05, 0.1) is 0 Å². The summed E-state index contributed by atoms with van der Waals surface area (Å²) in [5.41, 5.74) is 0. The fourth-order valence-corrected chi connectivity index (χ4v) is 4.93. The summed E-state index contributed by atoms with van der Waals surface area (Å²) in [6.45, 7) is 3.54. The highest BCUT2D eigenvalue weighted by molar-refractivity contribution is 9.12. The molecule has 76 valence electrons. The highest BCUT2D eigenvalue weighted by Gasteiger charge is 2.42. The van der Waals surface area contributed by atoms with Crippen molar-refractivity contribution < 1.29 is 0 Å². The zero-order chi connectivity index (χ0) is 9.31. The molecule has 0 aromatic rings. The van der Waals surface area contributed by atoms with Gasteiger partial charge in [-0.15, -0.1) is 11.8 Å². The Labute approximate surface area is 100 Å². The molecule has 1 N–H and O–H groups in total. The first-order chi connectivity index (χ1) is 6.24. The van der Waals surface area contributed by atoms with Gasteiger partial charge in [0, 0.05) is 30.2 Å². The number of rotatable bonds is 2. The number of thioether (sulfide) groups is 1. The van der Waals surface area contributed by atoms with Crippen LogP contribution in [-0.2, 0) is 0 Å². The number of hydrogen-bond acceptors (Lipinski definition) is 3. The zero-order valence-corrected chi connectivity index (χ0v) is 11.4. The van der Waals surface area contributed by atoms with Gasteiger partial charge in [-0.05, 0) is 28.8 Å². The van der Waals surface area contributed by atoms with Crippen LogP contribution in [0.5, 0.6) is 0 Å². The molecule has 2 fully saturated rings. The predicted octanol–water partition coefficient (Wildman–Crippen LogP) is 2.19. The Morgan fingerprint density at radius 2 is 2.15 bits per heavy atom. The largest absolute Gasteiger partial charge is 0.280 e. The van der Waals surface area contributed by atoms with Crippen molar-refractivity contribution in [3.8, 4) is 0 Å². The summed E-state index contributed by atoms with van der Waals surface area (Å²) in [5.74, 6) is 0. The van der Waals surface area contributed by atoms with Gasteiger partial charge >= 0.3 is 0 Å². The molecule has 2 rings (SSSR count). The van der Waals surface area contributed by atoms with Crippen LogP contribution in [-0.4, -0.2) is 39.0 Å². The lowest BCUT2D eigenvalue weighted by Gasteiger charge is -2.32. The topological polar surface area (TPSA) is 15.3 Å². The Morgan fingerprint density at radius 3 is 2.69 bits per heavy atom. The van der Waals surface area contributed by atoms with Gasteiger partial charge in [-0.2, -0.15) is 0 Å². The number of likely N-dealkylation sites (tertiary alicyclic amines) is 1. The first-order valence-corrected chi connectivity index (χ1v) is 7.47. The summed E-state index contributed by atoms with van der Waals surface area (Å²) in [6.07, 6.45) is 2.68. The molecule has 13 heavy (non-hydrogen) atoms. The van der Waals surface area contributed by atoms with Crippen LogP contribution in [0.3, 0.4) is 0 Å². The maximum Gasteiger partial charge on any atom is 0.177 e. The molecule has 2 nitrogen and oxygen atoms in total. The van der Waals surface area contributed by atoms with E-state index in [4.69, 9.17) is 0 Å². The molecule has 2 saturated heterocycles. The minimum atomic E-state index is 0.0297. The molecule has 0 saturated carbocycles. The molecule has 2 heterocycles. The van der Waals surface area contributed by atoms with Crippen molar-refractivity contribution in [3.63, 3.8) is 0 Å². The molecule has 5 heteroatoms. The van der Waals surface area contributed by atoms with Crippen LogP contribution in [0.1, 0.15) is 12.8 Å². The number of nitrogens with one attached hydrogen (secondary N) is 1. The number of alkyl halides is 2. The zero-order valence-electron chi connectivity index (χ0n) is 7.43. The number of halogens is 2. The van der Waals surface area contributed by atoms with E-state index >= 15 is 0 Å². The Hall–Kier alpha value is 1.23. The summed E-state index contributed by atoms with van der Waals surface area (Å²) < 4.78 is 0.0297. The van der Waals surface area contributed by atoms with Crippen molar-refractivity contribution in [3.05, 3.63) is 0 Å². The summed E-state index contributed by atoms with van der Waals surface area (Å²) in [5, 5.41) is 5.32. The molecule has 0 spiro atoms. The van der Waals surface area contributed by atoms with E-state index in [1.807, 2.05) is 11.8 Å². The predicted molar refractivity (Wildman–Crippen MR) is 65.6 cm³/mol. The molecule has 0 aromatic heterocycles. The van der Waals surface area contributed by atoms with Crippen LogP contribution in [0.4, 0.5) is 0 Å². The molecule has 2 atom stereocenters. The second kappa shape index (κ2) is 4.39. The Bertz CT molecular complexity index is 187.